The van der Waals surface area contributed by atoms with E-state index in [1.165, 1.54) is 26.5 Å². The number of methoxy groups -OCH3 is 2. The van der Waals surface area contributed by atoms with E-state index < -0.39 is 5.43 Å². The Morgan fingerprint density at radius 3 is 2.48 bits per heavy atom. The fraction of sp³-hybridized carbons (Fsp3) is 0.227. The van der Waals surface area contributed by atoms with Crippen LogP contribution in [-0.4, -0.2) is 31.0 Å². The second-order valence-corrected chi connectivity index (χ2v) is 6.62. The number of ether oxygens (including phenoxy) is 3. The predicted molar refractivity (Wildman–Crippen MR) is 109 cm³/mol. The number of benzene rings is 2. The van der Waals surface area contributed by atoms with E-state index in [-0.39, 0.29) is 28.0 Å². The highest BCUT2D eigenvalue weighted by Gasteiger charge is 2.21. The molecule has 7 nitrogen and oxygen atoms in total. The molecule has 1 aromatic heterocycles. The first-order valence-corrected chi connectivity index (χ1v) is 8.85. The molecule has 0 aliphatic heterocycles. The van der Waals surface area contributed by atoms with E-state index >= 15 is 0 Å². The lowest BCUT2D eigenvalue weighted by molar-refractivity contribution is 0.322. The van der Waals surface area contributed by atoms with Gasteiger partial charge in [-0.25, -0.2) is 0 Å². The van der Waals surface area contributed by atoms with Crippen molar-refractivity contribution < 1.29 is 28.8 Å². The molecule has 0 radical (unpaired) electrons. The Labute approximate surface area is 167 Å². The maximum Gasteiger partial charge on any atom is 0.204 e. The first kappa shape index (κ1) is 20.1. The van der Waals surface area contributed by atoms with Crippen LogP contribution in [0, 0.1) is 0 Å². The minimum absolute atomic E-state index is 0.0443. The van der Waals surface area contributed by atoms with E-state index in [1.54, 1.807) is 12.1 Å². The third kappa shape index (κ3) is 3.99. The molecule has 3 rings (SSSR count). The largest absolute Gasteiger partial charge is 0.508 e. The third-order valence-electron chi connectivity index (χ3n) is 4.33. The summed E-state index contributed by atoms with van der Waals surface area (Å²) in [5.41, 5.74) is 1.23. The Morgan fingerprint density at radius 2 is 1.83 bits per heavy atom. The van der Waals surface area contributed by atoms with Crippen molar-refractivity contribution in [1.29, 1.82) is 0 Å². The molecule has 1 heterocycles. The second kappa shape index (κ2) is 8.18. The monoisotopic (exact) mass is 398 g/mol. The first-order chi connectivity index (χ1) is 13.8. The fourth-order valence-corrected chi connectivity index (χ4v) is 2.91. The average Bonchev–Trinajstić information content (AvgIpc) is 2.66. The molecule has 29 heavy (non-hydrogen) atoms. The van der Waals surface area contributed by atoms with Crippen LogP contribution in [0.5, 0.6) is 28.7 Å². The zero-order valence-electron chi connectivity index (χ0n) is 16.6. The van der Waals surface area contributed by atoms with E-state index in [1.807, 2.05) is 19.9 Å². The van der Waals surface area contributed by atoms with Gasteiger partial charge in [0, 0.05) is 23.8 Å². The second-order valence-electron chi connectivity index (χ2n) is 6.62. The van der Waals surface area contributed by atoms with Crippen molar-refractivity contribution in [2.45, 2.75) is 13.8 Å². The summed E-state index contributed by atoms with van der Waals surface area (Å²) in [7, 11) is 2.97. The van der Waals surface area contributed by atoms with Gasteiger partial charge in [0.1, 0.15) is 41.1 Å². The Hall–Kier alpha value is -3.61. The van der Waals surface area contributed by atoms with Gasteiger partial charge in [0.15, 0.2) is 11.5 Å². The average molecular weight is 398 g/mol. The number of phenolic OH excluding ortho intramolecular Hbond substituents is 2. The van der Waals surface area contributed by atoms with Crippen LogP contribution in [0.2, 0.25) is 0 Å². The molecule has 0 bridgehead atoms. The normalized spacial score (nSPS) is 10.6. The standard InChI is InChI=1S/C22H22O7/c1-12(2)5-6-28-19-10-14(26-3)9-15(22(19)27-4)16-11-29-18-8-13(23)7-17(24)20(18)21(16)25/h5,7-11,23-24H,6H2,1-4H3. The summed E-state index contributed by atoms with van der Waals surface area (Å²) in [4.78, 5) is 13.1. The van der Waals surface area contributed by atoms with E-state index in [4.69, 9.17) is 18.6 Å². The lowest BCUT2D eigenvalue weighted by atomic mass is 10.0. The molecule has 152 valence electrons. The molecule has 0 saturated carbocycles. The summed E-state index contributed by atoms with van der Waals surface area (Å²) >= 11 is 0. The Morgan fingerprint density at radius 1 is 1.07 bits per heavy atom. The lowest BCUT2D eigenvalue weighted by Crippen LogP contribution is -2.07. The van der Waals surface area contributed by atoms with Gasteiger partial charge in [-0.15, -0.1) is 0 Å². The molecule has 2 N–H and O–H groups in total. The maximum absolute atomic E-state index is 13.1. The summed E-state index contributed by atoms with van der Waals surface area (Å²) in [6.45, 7) is 4.24. The Kier molecular flexibility index (Phi) is 5.68. The number of allylic oxidation sites excluding steroid dienone is 1. The van der Waals surface area contributed by atoms with Crippen LogP contribution in [0.15, 0.2) is 51.4 Å². The highest BCUT2D eigenvalue weighted by atomic mass is 16.5. The van der Waals surface area contributed by atoms with Gasteiger partial charge in [-0.05, 0) is 26.0 Å². The molecular formula is C22H22O7. The molecule has 7 heteroatoms. The van der Waals surface area contributed by atoms with Crippen LogP contribution in [0.25, 0.3) is 22.1 Å². The van der Waals surface area contributed by atoms with Crippen molar-refractivity contribution in [3.05, 3.63) is 52.4 Å². The van der Waals surface area contributed by atoms with E-state index in [9.17, 15) is 15.0 Å². The quantitative estimate of drug-likeness (QED) is 0.600. The summed E-state index contributed by atoms with van der Waals surface area (Å²) in [5, 5.41) is 19.7. The highest BCUT2D eigenvalue weighted by Crippen LogP contribution is 2.41. The summed E-state index contributed by atoms with van der Waals surface area (Å²) in [5.74, 6) is 0.603. The van der Waals surface area contributed by atoms with Gasteiger partial charge in [-0.3, -0.25) is 4.79 Å². The SMILES string of the molecule is COc1cc(OCC=C(C)C)c(OC)c(-c2coc3cc(O)cc(O)c3c2=O)c1. The van der Waals surface area contributed by atoms with E-state index in [2.05, 4.69) is 0 Å². The highest BCUT2D eigenvalue weighted by molar-refractivity contribution is 5.89. The van der Waals surface area contributed by atoms with E-state index in [0.717, 1.165) is 11.6 Å². The minimum Gasteiger partial charge on any atom is -0.508 e. The number of phenols is 2. The third-order valence-corrected chi connectivity index (χ3v) is 4.33. The predicted octanol–water partition coefficient (Wildman–Crippen LogP) is 4.23. The van der Waals surface area contributed by atoms with Crippen molar-refractivity contribution in [3.63, 3.8) is 0 Å². The summed E-state index contributed by atoms with van der Waals surface area (Å²) < 4.78 is 22.2. The van der Waals surface area contributed by atoms with Crippen LogP contribution in [0.1, 0.15) is 13.8 Å². The molecule has 0 aliphatic rings. The molecule has 0 aliphatic carbocycles. The van der Waals surface area contributed by atoms with Crippen LogP contribution in [-0.2, 0) is 0 Å². The smallest absolute Gasteiger partial charge is 0.204 e. The molecule has 0 amide bonds. The summed E-state index contributed by atoms with van der Waals surface area (Å²) in [6, 6.07) is 5.64. The number of hydrogen-bond acceptors (Lipinski definition) is 7. The van der Waals surface area contributed by atoms with Gasteiger partial charge < -0.3 is 28.8 Å². The molecule has 3 aromatic rings. The van der Waals surface area contributed by atoms with Crippen LogP contribution in [0.3, 0.4) is 0 Å². The fourth-order valence-electron chi connectivity index (χ4n) is 2.91. The lowest BCUT2D eigenvalue weighted by Gasteiger charge is -2.16. The first-order valence-electron chi connectivity index (χ1n) is 8.85. The van der Waals surface area contributed by atoms with Gasteiger partial charge in [0.2, 0.25) is 5.43 Å². The van der Waals surface area contributed by atoms with E-state index in [0.29, 0.717) is 29.4 Å². The van der Waals surface area contributed by atoms with Gasteiger partial charge in [0.25, 0.3) is 0 Å². The number of rotatable bonds is 6. The minimum atomic E-state index is -0.481. The van der Waals surface area contributed by atoms with Crippen molar-refractivity contribution in [1.82, 2.24) is 0 Å². The number of aromatic hydroxyl groups is 2. The van der Waals surface area contributed by atoms with Gasteiger partial charge >= 0.3 is 0 Å². The zero-order chi connectivity index (χ0) is 21.1. The molecular weight excluding hydrogens is 376 g/mol. The van der Waals surface area contributed by atoms with Crippen molar-refractivity contribution >= 4 is 11.0 Å². The van der Waals surface area contributed by atoms with Crippen LogP contribution in [0.4, 0.5) is 0 Å². The maximum atomic E-state index is 13.1. The van der Waals surface area contributed by atoms with Gasteiger partial charge in [0.05, 0.1) is 19.8 Å². The molecule has 0 spiro atoms. The molecule has 0 atom stereocenters. The van der Waals surface area contributed by atoms with Crippen LogP contribution >= 0.6 is 0 Å². The molecule has 0 unspecified atom stereocenters. The van der Waals surface area contributed by atoms with Crippen molar-refractivity contribution in [2.24, 2.45) is 0 Å². The van der Waals surface area contributed by atoms with Gasteiger partial charge in [-0.1, -0.05) is 5.57 Å². The topological polar surface area (TPSA) is 98.4 Å². The number of hydrogen-bond donors (Lipinski definition) is 2. The van der Waals surface area contributed by atoms with Crippen molar-refractivity contribution in [3.8, 4) is 39.9 Å². The molecule has 2 aromatic carbocycles. The van der Waals surface area contributed by atoms with Crippen molar-refractivity contribution in [2.75, 3.05) is 20.8 Å². The van der Waals surface area contributed by atoms with Crippen LogP contribution < -0.4 is 19.6 Å². The Bertz CT molecular complexity index is 1140. The molecule has 0 fully saturated rings. The zero-order valence-corrected chi connectivity index (χ0v) is 16.6. The van der Waals surface area contributed by atoms with Gasteiger partial charge in [-0.2, -0.15) is 0 Å². The Balaban J connectivity index is 2.23. The number of fused-ring (bicyclic) bond motifs is 1. The molecule has 0 saturated heterocycles. The summed E-state index contributed by atoms with van der Waals surface area (Å²) in [6.07, 6.45) is 3.16.